The van der Waals surface area contributed by atoms with Crippen LogP contribution in [0.3, 0.4) is 0 Å². The van der Waals surface area contributed by atoms with Gasteiger partial charge in [0.05, 0.1) is 6.33 Å². The Morgan fingerprint density at radius 2 is 2.32 bits per heavy atom. The third-order valence-corrected chi connectivity index (χ3v) is 3.36. The average Bonchev–Trinajstić information content (AvgIpc) is 2.82. The van der Waals surface area contributed by atoms with Crippen LogP contribution in [0.25, 0.3) is 0 Å². The molecule has 1 heterocycles. The van der Waals surface area contributed by atoms with E-state index in [4.69, 9.17) is 5.73 Å². The van der Waals surface area contributed by atoms with Crippen LogP contribution in [0.5, 0.6) is 0 Å². The molecule has 100 valence electrons. The predicted octanol–water partition coefficient (Wildman–Crippen LogP) is 2.01. The van der Waals surface area contributed by atoms with E-state index in [0.29, 0.717) is 18.8 Å². The molecule has 1 aromatic heterocycles. The number of hydrogen-bond acceptors (Lipinski definition) is 3. The van der Waals surface area contributed by atoms with Crippen molar-refractivity contribution in [3.05, 3.63) is 45.6 Å². The van der Waals surface area contributed by atoms with Crippen molar-refractivity contribution in [3.63, 3.8) is 0 Å². The SMILES string of the molecule is Cc1cc(I)ccc1NC(=O)c1cn(CCN)cn1. The van der Waals surface area contributed by atoms with Crippen LogP contribution in [0.4, 0.5) is 5.69 Å². The molecule has 3 N–H and O–H groups in total. The summed E-state index contributed by atoms with van der Waals surface area (Å²) < 4.78 is 2.94. The van der Waals surface area contributed by atoms with Gasteiger partial charge in [-0.3, -0.25) is 4.79 Å². The molecule has 0 aliphatic rings. The molecule has 0 fully saturated rings. The molecule has 2 aromatic rings. The van der Waals surface area contributed by atoms with Gasteiger partial charge in [0.25, 0.3) is 5.91 Å². The Kier molecular flexibility index (Phi) is 4.54. The van der Waals surface area contributed by atoms with Gasteiger partial charge in [-0.15, -0.1) is 0 Å². The number of carbonyl (C=O) groups excluding carboxylic acids is 1. The number of aryl methyl sites for hydroxylation is 1. The Bertz CT molecular complexity index is 594. The number of benzene rings is 1. The number of anilines is 1. The van der Waals surface area contributed by atoms with Crippen LogP contribution in [-0.4, -0.2) is 22.0 Å². The lowest BCUT2D eigenvalue weighted by molar-refractivity contribution is 0.102. The first-order chi connectivity index (χ1) is 9.10. The van der Waals surface area contributed by atoms with E-state index in [1.165, 1.54) is 0 Å². The summed E-state index contributed by atoms with van der Waals surface area (Å²) in [6, 6.07) is 5.87. The summed E-state index contributed by atoms with van der Waals surface area (Å²) in [5.41, 5.74) is 7.68. The number of nitrogens with zero attached hydrogens (tertiary/aromatic N) is 2. The Morgan fingerprint density at radius 3 is 3.00 bits per heavy atom. The summed E-state index contributed by atoms with van der Waals surface area (Å²) >= 11 is 2.24. The minimum Gasteiger partial charge on any atom is -0.335 e. The molecule has 5 nitrogen and oxygen atoms in total. The highest BCUT2D eigenvalue weighted by molar-refractivity contribution is 14.1. The van der Waals surface area contributed by atoms with Crippen LogP contribution in [-0.2, 0) is 6.54 Å². The summed E-state index contributed by atoms with van der Waals surface area (Å²) in [7, 11) is 0. The van der Waals surface area contributed by atoms with E-state index in [1.54, 1.807) is 17.1 Å². The van der Waals surface area contributed by atoms with E-state index < -0.39 is 0 Å². The highest BCUT2D eigenvalue weighted by Crippen LogP contribution is 2.18. The minimum atomic E-state index is -0.208. The van der Waals surface area contributed by atoms with Gasteiger partial charge in [-0.25, -0.2) is 4.98 Å². The van der Waals surface area contributed by atoms with E-state index in [-0.39, 0.29) is 5.91 Å². The Balaban J connectivity index is 2.11. The van der Waals surface area contributed by atoms with Crippen LogP contribution >= 0.6 is 22.6 Å². The number of imidazole rings is 1. The van der Waals surface area contributed by atoms with Gasteiger partial charge in [-0.05, 0) is 53.3 Å². The van der Waals surface area contributed by atoms with Crippen molar-refractivity contribution < 1.29 is 4.79 Å². The summed E-state index contributed by atoms with van der Waals surface area (Å²) in [5, 5.41) is 2.86. The van der Waals surface area contributed by atoms with Crippen LogP contribution in [0.15, 0.2) is 30.7 Å². The van der Waals surface area contributed by atoms with Crippen LogP contribution in [0.1, 0.15) is 16.1 Å². The average molecular weight is 370 g/mol. The third kappa shape index (κ3) is 3.54. The summed E-state index contributed by atoms with van der Waals surface area (Å²) in [6.45, 7) is 3.14. The van der Waals surface area contributed by atoms with Crippen molar-refractivity contribution in [2.75, 3.05) is 11.9 Å². The first-order valence-corrected chi connectivity index (χ1v) is 6.97. The van der Waals surface area contributed by atoms with E-state index in [2.05, 4.69) is 32.9 Å². The van der Waals surface area contributed by atoms with Gasteiger partial charge >= 0.3 is 0 Å². The van der Waals surface area contributed by atoms with Gasteiger partial charge in [-0.2, -0.15) is 0 Å². The lowest BCUT2D eigenvalue weighted by Gasteiger charge is -2.07. The number of hydrogen-bond donors (Lipinski definition) is 2. The van der Waals surface area contributed by atoms with Crippen molar-refractivity contribution >= 4 is 34.2 Å². The fraction of sp³-hybridized carbons (Fsp3) is 0.231. The lowest BCUT2D eigenvalue weighted by atomic mass is 10.2. The molecule has 0 aliphatic carbocycles. The maximum Gasteiger partial charge on any atom is 0.275 e. The molecule has 0 unspecified atom stereocenters. The van der Waals surface area contributed by atoms with Crippen molar-refractivity contribution in [3.8, 4) is 0 Å². The van der Waals surface area contributed by atoms with Crippen LogP contribution < -0.4 is 11.1 Å². The molecule has 2 rings (SSSR count). The van der Waals surface area contributed by atoms with Gasteiger partial charge in [0.1, 0.15) is 5.69 Å². The van der Waals surface area contributed by atoms with E-state index in [9.17, 15) is 4.79 Å². The van der Waals surface area contributed by atoms with Crippen molar-refractivity contribution in [2.24, 2.45) is 5.73 Å². The molecule has 0 saturated heterocycles. The summed E-state index contributed by atoms with van der Waals surface area (Å²) in [5.74, 6) is -0.208. The Hall–Kier alpha value is -1.41. The van der Waals surface area contributed by atoms with Gasteiger partial charge in [0, 0.05) is 28.5 Å². The number of carbonyl (C=O) groups is 1. The standard InChI is InChI=1S/C13H15IN4O/c1-9-6-10(14)2-3-11(9)17-13(19)12-7-18(5-4-15)8-16-12/h2-3,6-8H,4-5,15H2,1H3,(H,17,19). The van der Waals surface area contributed by atoms with E-state index in [1.807, 2.05) is 25.1 Å². The smallest absolute Gasteiger partial charge is 0.275 e. The maximum absolute atomic E-state index is 12.0. The first-order valence-electron chi connectivity index (χ1n) is 5.89. The fourth-order valence-corrected chi connectivity index (χ4v) is 2.35. The molecule has 0 aliphatic heterocycles. The van der Waals surface area contributed by atoms with Gasteiger partial charge < -0.3 is 15.6 Å². The molecule has 0 bridgehead atoms. The van der Waals surface area contributed by atoms with Gasteiger partial charge in [0.15, 0.2) is 0 Å². The molecule has 1 aromatic carbocycles. The zero-order chi connectivity index (χ0) is 13.8. The molecular formula is C13H15IN4O. The zero-order valence-corrected chi connectivity index (χ0v) is 12.7. The molecule has 0 saturated carbocycles. The number of nitrogens with one attached hydrogen (secondary N) is 1. The van der Waals surface area contributed by atoms with Crippen molar-refractivity contribution in [1.82, 2.24) is 9.55 Å². The second kappa shape index (κ2) is 6.16. The highest BCUT2D eigenvalue weighted by Gasteiger charge is 2.10. The monoisotopic (exact) mass is 370 g/mol. The quantitative estimate of drug-likeness (QED) is 0.809. The number of rotatable bonds is 4. The summed E-state index contributed by atoms with van der Waals surface area (Å²) in [4.78, 5) is 16.1. The number of halogens is 1. The van der Waals surface area contributed by atoms with Gasteiger partial charge in [-0.1, -0.05) is 0 Å². The van der Waals surface area contributed by atoms with Crippen LogP contribution in [0, 0.1) is 10.5 Å². The maximum atomic E-state index is 12.0. The lowest BCUT2D eigenvalue weighted by Crippen LogP contribution is -2.13. The second-order valence-corrected chi connectivity index (χ2v) is 5.44. The normalized spacial score (nSPS) is 10.5. The Morgan fingerprint density at radius 1 is 1.53 bits per heavy atom. The molecule has 0 spiro atoms. The van der Waals surface area contributed by atoms with Gasteiger partial charge in [0.2, 0.25) is 0 Å². The second-order valence-electron chi connectivity index (χ2n) is 4.20. The first kappa shape index (κ1) is 14.0. The number of amides is 1. The third-order valence-electron chi connectivity index (χ3n) is 2.69. The molecule has 1 amide bonds. The van der Waals surface area contributed by atoms with E-state index >= 15 is 0 Å². The number of aromatic nitrogens is 2. The minimum absolute atomic E-state index is 0.208. The molecule has 19 heavy (non-hydrogen) atoms. The van der Waals surface area contributed by atoms with Crippen LogP contribution in [0.2, 0.25) is 0 Å². The van der Waals surface area contributed by atoms with E-state index in [0.717, 1.165) is 14.8 Å². The highest BCUT2D eigenvalue weighted by atomic mass is 127. The van der Waals surface area contributed by atoms with Crippen molar-refractivity contribution in [1.29, 1.82) is 0 Å². The zero-order valence-electron chi connectivity index (χ0n) is 10.6. The Labute approximate surface area is 125 Å². The molecular weight excluding hydrogens is 355 g/mol. The molecule has 6 heteroatoms. The largest absolute Gasteiger partial charge is 0.335 e. The molecule has 0 radical (unpaired) electrons. The number of nitrogens with two attached hydrogens (primary N) is 1. The topological polar surface area (TPSA) is 72.9 Å². The molecule has 0 atom stereocenters. The fourth-order valence-electron chi connectivity index (χ4n) is 1.70. The van der Waals surface area contributed by atoms with Crippen molar-refractivity contribution in [2.45, 2.75) is 13.5 Å². The predicted molar refractivity (Wildman–Crippen MR) is 83.1 cm³/mol. The summed E-state index contributed by atoms with van der Waals surface area (Å²) in [6.07, 6.45) is 3.31.